The number of nitrogens with zero attached hydrogens (tertiary/aromatic N) is 2. The monoisotopic (exact) mass is 617 g/mol. The Labute approximate surface area is 223 Å². The number of methoxy groups -OCH3 is 1. The van der Waals surface area contributed by atoms with Crippen molar-refractivity contribution >= 4 is 57.9 Å². The van der Waals surface area contributed by atoms with Crippen molar-refractivity contribution < 1.29 is 33.2 Å². The lowest BCUT2D eigenvalue weighted by molar-refractivity contribution is -0.384. The lowest BCUT2D eigenvalue weighted by Gasteiger charge is -2.26. The van der Waals surface area contributed by atoms with Gasteiger partial charge in [-0.1, -0.05) is 24.3 Å². The van der Waals surface area contributed by atoms with E-state index in [0.29, 0.717) is 25.3 Å². The quantitative estimate of drug-likeness (QED) is 0.135. The van der Waals surface area contributed by atoms with Gasteiger partial charge >= 0.3 is 6.03 Å². The first kappa shape index (κ1) is 25.8. The normalized spacial score (nSPS) is 14.5. The van der Waals surface area contributed by atoms with Crippen molar-refractivity contribution in [2.45, 2.75) is 6.61 Å². The number of rotatable bonds is 7. The van der Waals surface area contributed by atoms with E-state index in [2.05, 4.69) is 5.32 Å². The van der Waals surface area contributed by atoms with Gasteiger partial charge in [0.1, 0.15) is 18.0 Å². The lowest BCUT2D eigenvalue weighted by atomic mass is 10.1. The second-order valence-electron chi connectivity index (χ2n) is 7.65. The number of imide groups is 2. The molecule has 0 unspecified atom stereocenters. The summed E-state index contributed by atoms with van der Waals surface area (Å²) in [6, 6.07) is 13.2. The maximum atomic E-state index is 14.0. The number of ether oxygens (including phenoxy) is 2. The summed E-state index contributed by atoms with van der Waals surface area (Å²) in [5, 5.41) is 13.2. The van der Waals surface area contributed by atoms with E-state index in [1.165, 1.54) is 43.5 Å². The zero-order chi connectivity index (χ0) is 26.7. The van der Waals surface area contributed by atoms with Crippen LogP contribution in [0.25, 0.3) is 6.08 Å². The highest BCUT2D eigenvalue weighted by atomic mass is 127. The first-order valence-electron chi connectivity index (χ1n) is 10.6. The highest BCUT2D eigenvalue weighted by molar-refractivity contribution is 14.1. The number of non-ortho nitro benzene ring substituents is 1. The van der Waals surface area contributed by atoms with Crippen LogP contribution < -0.4 is 19.7 Å². The van der Waals surface area contributed by atoms with Gasteiger partial charge in [-0.25, -0.2) is 14.1 Å². The zero-order valence-corrected chi connectivity index (χ0v) is 21.2. The molecular weight excluding hydrogens is 600 g/mol. The number of amides is 4. The Morgan fingerprint density at radius 1 is 1.11 bits per heavy atom. The molecule has 4 amide bonds. The SMILES string of the molecule is COc1cc(/C=C2\C(=O)NC(=O)N(c3cccc([N+](=O)[O-])c3)C2=O)cc(I)c1OCc1ccccc1F. The molecule has 0 aliphatic carbocycles. The van der Waals surface area contributed by atoms with Gasteiger partial charge < -0.3 is 9.47 Å². The highest BCUT2D eigenvalue weighted by Gasteiger charge is 2.37. The summed E-state index contributed by atoms with van der Waals surface area (Å²) in [6.07, 6.45) is 1.26. The minimum Gasteiger partial charge on any atom is -0.493 e. The van der Waals surface area contributed by atoms with E-state index in [-0.39, 0.29) is 29.3 Å². The summed E-state index contributed by atoms with van der Waals surface area (Å²) in [4.78, 5) is 49.2. The molecule has 1 aliphatic heterocycles. The Morgan fingerprint density at radius 2 is 1.86 bits per heavy atom. The van der Waals surface area contributed by atoms with Gasteiger partial charge in [-0.2, -0.15) is 0 Å². The van der Waals surface area contributed by atoms with Crippen molar-refractivity contribution in [3.05, 3.63) is 96.9 Å². The third kappa shape index (κ3) is 5.43. The summed E-state index contributed by atoms with van der Waals surface area (Å²) in [7, 11) is 1.40. The van der Waals surface area contributed by atoms with E-state index in [9.17, 15) is 28.9 Å². The van der Waals surface area contributed by atoms with E-state index in [4.69, 9.17) is 9.47 Å². The van der Waals surface area contributed by atoms with Crippen LogP contribution in [0.3, 0.4) is 0 Å². The number of carbonyl (C=O) groups is 3. The van der Waals surface area contributed by atoms with Crippen LogP contribution in [0.5, 0.6) is 11.5 Å². The van der Waals surface area contributed by atoms with Gasteiger partial charge in [-0.15, -0.1) is 0 Å². The van der Waals surface area contributed by atoms with Crippen LogP contribution in [0.15, 0.2) is 66.2 Å². The largest absolute Gasteiger partial charge is 0.493 e. The molecule has 3 aromatic carbocycles. The Kier molecular flexibility index (Phi) is 7.47. The number of nitro benzene ring substituents is 1. The van der Waals surface area contributed by atoms with Crippen LogP contribution in [0.1, 0.15) is 11.1 Å². The molecule has 0 aromatic heterocycles. The van der Waals surface area contributed by atoms with Gasteiger partial charge in [0.15, 0.2) is 11.5 Å². The number of nitrogens with one attached hydrogen (secondary N) is 1. The summed E-state index contributed by atoms with van der Waals surface area (Å²) < 4.78 is 25.7. The molecule has 1 saturated heterocycles. The van der Waals surface area contributed by atoms with Gasteiger partial charge in [0.2, 0.25) is 0 Å². The molecule has 1 aliphatic rings. The summed E-state index contributed by atoms with van der Waals surface area (Å²) >= 11 is 1.98. The van der Waals surface area contributed by atoms with Crippen LogP contribution in [-0.4, -0.2) is 29.9 Å². The molecule has 0 bridgehead atoms. The van der Waals surface area contributed by atoms with Crippen LogP contribution in [0.2, 0.25) is 0 Å². The number of benzene rings is 3. The minimum absolute atomic E-state index is 0.0549. The average molecular weight is 617 g/mol. The Bertz CT molecular complexity index is 1470. The van der Waals surface area contributed by atoms with E-state index in [1.54, 1.807) is 24.3 Å². The second-order valence-corrected chi connectivity index (χ2v) is 8.81. The molecule has 0 saturated carbocycles. The molecule has 188 valence electrons. The number of urea groups is 1. The smallest absolute Gasteiger partial charge is 0.335 e. The number of carbonyl (C=O) groups excluding carboxylic acids is 3. The van der Waals surface area contributed by atoms with E-state index in [1.807, 2.05) is 22.6 Å². The average Bonchev–Trinajstić information content (AvgIpc) is 2.86. The number of hydrogen-bond donors (Lipinski definition) is 1. The van der Waals surface area contributed by atoms with Gasteiger partial charge in [-0.3, -0.25) is 25.0 Å². The fourth-order valence-electron chi connectivity index (χ4n) is 3.53. The van der Waals surface area contributed by atoms with E-state index < -0.39 is 28.6 Å². The van der Waals surface area contributed by atoms with Gasteiger partial charge in [0, 0.05) is 17.7 Å². The third-order valence-corrected chi connectivity index (χ3v) is 6.09. The summed E-state index contributed by atoms with van der Waals surface area (Å²) in [5.74, 6) is -1.69. The molecule has 37 heavy (non-hydrogen) atoms. The topological polar surface area (TPSA) is 128 Å². The number of hydrogen-bond acceptors (Lipinski definition) is 7. The molecule has 3 aromatic rings. The van der Waals surface area contributed by atoms with Gasteiger partial charge in [0.25, 0.3) is 17.5 Å². The number of nitro groups is 1. The molecule has 4 rings (SSSR count). The fraction of sp³-hybridized carbons (Fsp3) is 0.0800. The molecule has 10 nitrogen and oxygen atoms in total. The number of barbiturate groups is 1. The van der Waals surface area contributed by atoms with Gasteiger partial charge in [-0.05, 0) is 58.5 Å². The first-order valence-corrected chi connectivity index (χ1v) is 11.7. The third-order valence-electron chi connectivity index (χ3n) is 5.29. The Hall–Kier alpha value is -4.33. The van der Waals surface area contributed by atoms with Crippen molar-refractivity contribution in [3.8, 4) is 11.5 Å². The second kappa shape index (κ2) is 10.7. The molecule has 0 spiro atoms. The molecule has 12 heteroatoms. The van der Waals surface area contributed by atoms with Crippen LogP contribution in [0, 0.1) is 19.5 Å². The molecular formula is C25H17FIN3O7. The molecule has 0 atom stereocenters. The van der Waals surface area contributed by atoms with Crippen molar-refractivity contribution in [1.29, 1.82) is 0 Å². The van der Waals surface area contributed by atoms with Crippen molar-refractivity contribution in [1.82, 2.24) is 5.32 Å². The molecule has 1 N–H and O–H groups in total. The molecule has 1 fully saturated rings. The lowest BCUT2D eigenvalue weighted by Crippen LogP contribution is -2.54. The molecule has 0 radical (unpaired) electrons. The van der Waals surface area contributed by atoms with Crippen molar-refractivity contribution in [3.63, 3.8) is 0 Å². The minimum atomic E-state index is -1.03. The number of halogens is 2. The first-order chi connectivity index (χ1) is 17.7. The fourth-order valence-corrected chi connectivity index (χ4v) is 4.31. The highest BCUT2D eigenvalue weighted by Crippen LogP contribution is 2.36. The molecule has 1 heterocycles. The maximum Gasteiger partial charge on any atom is 0.335 e. The standard InChI is InChI=1S/C25H17FIN3O7/c1-36-21-11-14(10-20(27)22(21)37-13-15-5-2-3-8-19(15)26)9-18-23(31)28-25(33)29(24(18)32)16-6-4-7-17(12-16)30(34)35/h2-12H,13H2,1H3,(H,28,31,33)/b18-9+. The predicted molar refractivity (Wildman–Crippen MR) is 139 cm³/mol. The summed E-state index contributed by atoms with van der Waals surface area (Å²) in [5.41, 5.74) is -0.0396. The van der Waals surface area contributed by atoms with E-state index in [0.717, 1.165) is 6.07 Å². The van der Waals surface area contributed by atoms with Crippen LogP contribution in [-0.2, 0) is 16.2 Å². The zero-order valence-electron chi connectivity index (χ0n) is 19.1. The Balaban J connectivity index is 1.66. The van der Waals surface area contributed by atoms with Crippen LogP contribution >= 0.6 is 22.6 Å². The van der Waals surface area contributed by atoms with Crippen molar-refractivity contribution in [2.24, 2.45) is 0 Å². The van der Waals surface area contributed by atoms with E-state index >= 15 is 0 Å². The Morgan fingerprint density at radius 3 is 2.57 bits per heavy atom. The van der Waals surface area contributed by atoms with Crippen LogP contribution in [0.4, 0.5) is 20.6 Å². The van der Waals surface area contributed by atoms with Gasteiger partial charge in [0.05, 0.1) is 21.3 Å². The summed E-state index contributed by atoms with van der Waals surface area (Å²) in [6.45, 7) is -0.0549. The number of anilines is 1. The van der Waals surface area contributed by atoms with Crippen molar-refractivity contribution in [2.75, 3.05) is 12.0 Å². The predicted octanol–water partition coefficient (Wildman–Crippen LogP) is 4.59. The maximum absolute atomic E-state index is 14.0.